The number of anilines is 1. The molecule has 0 atom stereocenters. The molecule has 0 saturated carbocycles. The topological polar surface area (TPSA) is 84.9 Å². The van der Waals surface area contributed by atoms with Gasteiger partial charge in [-0.05, 0) is 24.3 Å². The van der Waals surface area contributed by atoms with Gasteiger partial charge < -0.3 is 19.7 Å². The maximum Gasteiger partial charge on any atom is 0.573 e. The number of hydrogen-bond donors (Lipinski definition) is 1. The second kappa shape index (κ2) is 8.18. The maximum atomic E-state index is 12.0. The van der Waals surface area contributed by atoms with Crippen LogP contribution in [0.25, 0.3) is 0 Å². The van der Waals surface area contributed by atoms with Gasteiger partial charge in [0.05, 0.1) is 6.54 Å². The van der Waals surface area contributed by atoms with Gasteiger partial charge in [0.25, 0.3) is 5.91 Å². The number of ether oxygens (including phenoxy) is 2. The molecular weight excluding hydrogens is 333 g/mol. The summed E-state index contributed by atoms with van der Waals surface area (Å²) in [6, 6.07) is 4.52. The number of alkyl halides is 3. The maximum absolute atomic E-state index is 12.0. The minimum atomic E-state index is -4.80. The van der Waals surface area contributed by atoms with Gasteiger partial charge in [0.1, 0.15) is 5.75 Å². The number of nitrogens with one attached hydrogen (secondary N) is 1. The Kier molecular flexibility index (Phi) is 6.57. The van der Waals surface area contributed by atoms with Gasteiger partial charge in [-0.3, -0.25) is 14.4 Å². The third-order valence-electron chi connectivity index (χ3n) is 2.58. The van der Waals surface area contributed by atoms with Crippen molar-refractivity contribution >= 4 is 23.5 Å². The molecule has 132 valence electrons. The summed E-state index contributed by atoms with van der Waals surface area (Å²) in [4.78, 5) is 35.0. The van der Waals surface area contributed by atoms with Crippen LogP contribution in [0, 0.1) is 0 Å². The third-order valence-corrected chi connectivity index (χ3v) is 2.58. The summed E-state index contributed by atoms with van der Waals surface area (Å²) < 4.78 is 44.3. The molecule has 0 aliphatic heterocycles. The minimum absolute atomic E-state index is 0.232. The fourth-order valence-electron chi connectivity index (χ4n) is 1.52. The van der Waals surface area contributed by atoms with Crippen molar-refractivity contribution in [2.45, 2.75) is 13.3 Å². The number of hydrogen-bond acceptors (Lipinski definition) is 5. The molecule has 0 unspecified atom stereocenters. The fraction of sp³-hybridized carbons (Fsp3) is 0.357. The van der Waals surface area contributed by atoms with Crippen molar-refractivity contribution in [3.63, 3.8) is 0 Å². The van der Waals surface area contributed by atoms with Gasteiger partial charge in [-0.15, -0.1) is 13.2 Å². The average molecular weight is 348 g/mol. The summed E-state index contributed by atoms with van der Waals surface area (Å²) in [6.07, 6.45) is -4.80. The van der Waals surface area contributed by atoms with Crippen LogP contribution in [0.1, 0.15) is 6.92 Å². The quantitative estimate of drug-likeness (QED) is 0.789. The normalized spacial score (nSPS) is 10.7. The van der Waals surface area contributed by atoms with Crippen molar-refractivity contribution < 1.29 is 37.0 Å². The van der Waals surface area contributed by atoms with Crippen LogP contribution in [-0.4, -0.2) is 49.2 Å². The first-order chi connectivity index (χ1) is 11.1. The molecule has 1 aromatic carbocycles. The zero-order valence-electron chi connectivity index (χ0n) is 12.8. The van der Waals surface area contributed by atoms with Crippen molar-refractivity contribution in [3.05, 3.63) is 24.3 Å². The Balaban J connectivity index is 2.50. The molecule has 0 bridgehead atoms. The van der Waals surface area contributed by atoms with Crippen molar-refractivity contribution in [3.8, 4) is 5.75 Å². The zero-order valence-corrected chi connectivity index (χ0v) is 12.8. The van der Waals surface area contributed by atoms with E-state index < -0.39 is 36.5 Å². The van der Waals surface area contributed by atoms with E-state index in [1.54, 1.807) is 0 Å². The van der Waals surface area contributed by atoms with Crippen molar-refractivity contribution in [1.29, 1.82) is 0 Å². The largest absolute Gasteiger partial charge is 0.573 e. The zero-order chi connectivity index (χ0) is 18.3. The highest BCUT2D eigenvalue weighted by Gasteiger charge is 2.30. The predicted molar refractivity (Wildman–Crippen MR) is 76.0 cm³/mol. The van der Waals surface area contributed by atoms with Crippen molar-refractivity contribution in [2.75, 3.05) is 25.5 Å². The molecule has 10 heteroatoms. The molecule has 1 aromatic rings. The van der Waals surface area contributed by atoms with Crippen LogP contribution in [0.5, 0.6) is 5.75 Å². The molecule has 7 nitrogen and oxygen atoms in total. The van der Waals surface area contributed by atoms with Crippen LogP contribution in [-0.2, 0) is 19.1 Å². The summed E-state index contributed by atoms with van der Waals surface area (Å²) in [5, 5.41) is 2.41. The van der Waals surface area contributed by atoms with Crippen molar-refractivity contribution in [1.82, 2.24) is 4.90 Å². The van der Waals surface area contributed by atoms with E-state index >= 15 is 0 Å². The Morgan fingerprint density at radius 2 is 1.75 bits per heavy atom. The predicted octanol–water partition coefficient (Wildman–Crippen LogP) is 1.55. The molecule has 1 N–H and O–H groups in total. The van der Waals surface area contributed by atoms with E-state index in [9.17, 15) is 27.6 Å². The van der Waals surface area contributed by atoms with Crippen LogP contribution in [0.2, 0.25) is 0 Å². The van der Waals surface area contributed by atoms with Gasteiger partial charge in [0.15, 0.2) is 6.61 Å². The highest BCUT2D eigenvalue weighted by molar-refractivity contribution is 5.94. The lowest BCUT2D eigenvalue weighted by Gasteiger charge is -2.16. The number of carbonyl (C=O) groups is 3. The number of rotatable bonds is 6. The lowest BCUT2D eigenvalue weighted by atomic mass is 10.3. The number of halogens is 3. The van der Waals surface area contributed by atoms with E-state index in [2.05, 4.69) is 14.8 Å². The molecule has 0 spiro atoms. The molecule has 1 rings (SSSR count). The SMILES string of the molecule is CC(=O)OCC(=O)N(C)CC(=O)Nc1ccc(OC(F)(F)F)cc1. The summed E-state index contributed by atoms with van der Waals surface area (Å²) in [5.41, 5.74) is 0.232. The number of nitrogens with zero attached hydrogens (tertiary/aromatic N) is 1. The van der Waals surface area contributed by atoms with E-state index in [-0.39, 0.29) is 12.2 Å². The van der Waals surface area contributed by atoms with E-state index in [4.69, 9.17) is 0 Å². The standard InChI is InChI=1S/C14H15F3N2O5/c1-9(20)23-8-13(22)19(2)7-12(21)18-10-3-5-11(6-4-10)24-14(15,16)17/h3-6H,7-8H2,1-2H3,(H,18,21). The Morgan fingerprint density at radius 3 is 2.25 bits per heavy atom. The summed E-state index contributed by atoms with van der Waals surface area (Å²) >= 11 is 0. The van der Waals surface area contributed by atoms with Gasteiger partial charge in [0.2, 0.25) is 5.91 Å². The molecular formula is C14H15F3N2O5. The first kappa shape index (κ1) is 19.3. The van der Waals surface area contributed by atoms with Gasteiger partial charge >= 0.3 is 12.3 Å². The molecule has 24 heavy (non-hydrogen) atoms. The van der Waals surface area contributed by atoms with E-state index in [1.807, 2.05) is 0 Å². The molecule has 0 heterocycles. The van der Waals surface area contributed by atoms with E-state index in [0.717, 1.165) is 24.0 Å². The number of carbonyl (C=O) groups excluding carboxylic acids is 3. The second-order valence-electron chi connectivity index (χ2n) is 4.65. The molecule has 0 aliphatic rings. The van der Waals surface area contributed by atoms with Crippen LogP contribution < -0.4 is 10.1 Å². The summed E-state index contributed by atoms with van der Waals surface area (Å²) in [7, 11) is 1.34. The highest BCUT2D eigenvalue weighted by atomic mass is 19.4. The van der Waals surface area contributed by atoms with Gasteiger partial charge in [-0.25, -0.2) is 0 Å². The lowest BCUT2D eigenvalue weighted by Crippen LogP contribution is -2.37. The monoisotopic (exact) mass is 348 g/mol. The van der Waals surface area contributed by atoms with Crippen LogP contribution in [0.3, 0.4) is 0 Å². The minimum Gasteiger partial charge on any atom is -0.456 e. The average Bonchev–Trinajstić information content (AvgIpc) is 2.45. The fourth-order valence-corrected chi connectivity index (χ4v) is 1.52. The van der Waals surface area contributed by atoms with Gasteiger partial charge in [-0.1, -0.05) is 0 Å². The molecule has 0 radical (unpaired) electrons. The number of esters is 1. The van der Waals surface area contributed by atoms with Crippen LogP contribution in [0.4, 0.5) is 18.9 Å². The Bertz CT molecular complexity index is 601. The van der Waals surface area contributed by atoms with Crippen LogP contribution in [0.15, 0.2) is 24.3 Å². The van der Waals surface area contributed by atoms with E-state index in [1.165, 1.54) is 19.2 Å². The van der Waals surface area contributed by atoms with Gasteiger partial charge in [0, 0.05) is 19.7 Å². The Morgan fingerprint density at radius 1 is 1.17 bits per heavy atom. The third kappa shape index (κ3) is 7.47. The van der Waals surface area contributed by atoms with E-state index in [0.29, 0.717) is 0 Å². The first-order valence-electron chi connectivity index (χ1n) is 6.60. The lowest BCUT2D eigenvalue weighted by molar-refractivity contribution is -0.274. The van der Waals surface area contributed by atoms with Crippen LogP contribution >= 0.6 is 0 Å². The number of benzene rings is 1. The van der Waals surface area contributed by atoms with Crippen molar-refractivity contribution in [2.24, 2.45) is 0 Å². The molecule has 0 fully saturated rings. The number of likely N-dealkylation sites (N-methyl/N-ethyl adjacent to an activating group) is 1. The molecule has 0 aromatic heterocycles. The smallest absolute Gasteiger partial charge is 0.456 e. The molecule has 0 aliphatic carbocycles. The molecule has 0 saturated heterocycles. The number of amides is 2. The first-order valence-corrected chi connectivity index (χ1v) is 6.60. The van der Waals surface area contributed by atoms with Gasteiger partial charge in [-0.2, -0.15) is 0 Å². The Labute approximate surface area is 135 Å². The molecule has 2 amide bonds. The second-order valence-corrected chi connectivity index (χ2v) is 4.65. The highest BCUT2D eigenvalue weighted by Crippen LogP contribution is 2.23. The summed E-state index contributed by atoms with van der Waals surface area (Å²) in [6.45, 7) is 0.343. The summed E-state index contributed by atoms with van der Waals surface area (Å²) in [5.74, 6) is -2.19. The Hall–Kier alpha value is -2.78.